The molecule has 1 aliphatic carbocycles. The van der Waals surface area contributed by atoms with E-state index in [1.165, 1.54) is 19.2 Å². The van der Waals surface area contributed by atoms with Gasteiger partial charge in [-0.3, -0.25) is 14.4 Å². The van der Waals surface area contributed by atoms with Crippen molar-refractivity contribution in [3.8, 4) is 6.07 Å². The van der Waals surface area contributed by atoms with Gasteiger partial charge in [0.25, 0.3) is 12.0 Å². The van der Waals surface area contributed by atoms with Crippen molar-refractivity contribution in [2.45, 2.75) is 63.8 Å². The van der Waals surface area contributed by atoms with Gasteiger partial charge in [-0.2, -0.15) is 5.26 Å². The van der Waals surface area contributed by atoms with Gasteiger partial charge in [0.15, 0.2) is 0 Å². The van der Waals surface area contributed by atoms with Gasteiger partial charge in [-0.1, -0.05) is 12.8 Å². The van der Waals surface area contributed by atoms with Crippen LogP contribution < -0.4 is 21.5 Å². The van der Waals surface area contributed by atoms with E-state index < -0.39 is 36.3 Å². The van der Waals surface area contributed by atoms with E-state index in [2.05, 4.69) is 10.6 Å². The van der Waals surface area contributed by atoms with Crippen LogP contribution in [-0.2, 0) is 9.59 Å². The van der Waals surface area contributed by atoms with Gasteiger partial charge in [-0.15, -0.1) is 0 Å². The molecule has 2 fully saturated rings. The summed E-state index contributed by atoms with van der Waals surface area (Å²) in [5.41, 5.74) is -0.867. The summed E-state index contributed by atoms with van der Waals surface area (Å²) < 4.78 is 40.0. The summed E-state index contributed by atoms with van der Waals surface area (Å²) in [6, 6.07) is 1.51. The summed E-state index contributed by atoms with van der Waals surface area (Å²) in [5.74, 6) is -0.911. The number of alkyl halides is 3. The SMILES string of the molecule is Cc1ccn(C(CC2CC2)C(=O)N[C@H](C#N)C[C@@H]2CCNC2=O)c(=O)c1NC(F)C(F)F. The molecule has 0 radical (unpaired) electrons. The Morgan fingerprint density at radius 3 is 2.56 bits per heavy atom. The number of aryl methyl sites for hydroxylation is 1. The highest BCUT2D eigenvalue weighted by molar-refractivity contribution is 5.82. The third-order valence-electron chi connectivity index (χ3n) is 5.88. The highest BCUT2D eigenvalue weighted by Gasteiger charge is 2.34. The second kappa shape index (κ2) is 10.1. The lowest BCUT2D eigenvalue weighted by molar-refractivity contribution is -0.126. The molecule has 1 aliphatic heterocycles. The van der Waals surface area contributed by atoms with Crippen molar-refractivity contribution >= 4 is 17.5 Å². The van der Waals surface area contributed by atoms with Crippen molar-refractivity contribution < 1.29 is 22.8 Å². The predicted octanol–water partition coefficient (Wildman–Crippen LogP) is 2.01. The monoisotopic (exact) mass is 453 g/mol. The van der Waals surface area contributed by atoms with Crippen molar-refractivity contribution in [3.63, 3.8) is 0 Å². The van der Waals surface area contributed by atoms with Crippen molar-refractivity contribution in [2.75, 3.05) is 11.9 Å². The van der Waals surface area contributed by atoms with Gasteiger partial charge in [0.2, 0.25) is 18.1 Å². The number of nitrogens with zero attached hydrogens (tertiary/aromatic N) is 2. The topological polar surface area (TPSA) is 116 Å². The summed E-state index contributed by atoms with van der Waals surface area (Å²) in [7, 11) is 0. The predicted molar refractivity (Wildman–Crippen MR) is 110 cm³/mol. The number of nitrogens with one attached hydrogen (secondary N) is 3. The van der Waals surface area contributed by atoms with E-state index in [0.29, 0.717) is 19.4 Å². The van der Waals surface area contributed by atoms with Crippen LogP contribution in [0.1, 0.15) is 43.7 Å². The van der Waals surface area contributed by atoms with Crippen LogP contribution in [0.2, 0.25) is 0 Å². The molecular formula is C21H26F3N5O3. The van der Waals surface area contributed by atoms with Crippen LogP contribution in [0.4, 0.5) is 18.9 Å². The van der Waals surface area contributed by atoms with E-state index in [-0.39, 0.29) is 35.4 Å². The molecular weight excluding hydrogens is 427 g/mol. The second-order valence-corrected chi connectivity index (χ2v) is 8.36. The zero-order chi connectivity index (χ0) is 23.4. The molecule has 1 aromatic heterocycles. The molecule has 1 aromatic rings. The van der Waals surface area contributed by atoms with Gasteiger partial charge >= 0.3 is 0 Å². The minimum atomic E-state index is -3.32. The van der Waals surface area contributed by atoms with E-state index in [9.17, 15) is 32.8 Å². The molecule has 1 saturated carbocycles. The van der Waals surface area contributed by atoms with Crippen molar-refractivity contribution in [1.82, 2.24) is 15.2 Å². The summed E-state index contributed by atoms with van der Waals surface area (Å²) in [5, 5.41) is 16.7. The number of aromatic nitrogens is 1. The third-order valence-corrected chi connectivity index (χ3v) is 5.88. The zero-order valence-electron chi connectivity index (χ0n) is 17.6. The summed E-state index contributed by atoms with van der Waals surface area (Å²) >= 11 is 0. The molecule has 2 amide bonds. The Kier molecular flexibility index (Phi) is 7.43. The quantitative estimate of drug-likeness (QED) is 0.469. The average molecular weight is 453 g/mol. The lowest BCUT2D eigenvalue weighted by atomic mass is 9.98. The fourth-order valence-electron chi connectivity index (χ4n) is 3.85. The number of hydrogen-bond acceptors (Lipinski definition) is 5. The molecule has 8 nitrogen and oxygen atoms in total. The number of nitriles is 1. The molecule has 4 atom stereocenters. The second-order valence-electron chi connectivity index (χ2n) is 8.36. The van der Waals surface area contributed by atoms with Crippen LogP contribution in [0.5, 0.6) is 0 Å². The van der Waals surface area contributed by atoms with E-state index in [0.717, 1.165) is 17.4 Å². The number of carbonyl (C=O) groups is 2. The number of amides is 2. The van der Waals surface area contributed by atoms with Crippen LogP contribution in [0, 0.1) is 30.1 Å². The molecule has 1 saturated heterocycles. The Morgan fingerprint density at radius 1 is 1.28 bits per heavy atom. The normalized spacial score (nSPS) is 20.9. The number of rotatable bonds is 10. The number of pyridine rings is 1. The lowest BCUT2D eigenvalue weighted by Crippen LogP contribution is -2.43. The van der Waals surface area contributed by atoms with Crippen molar-refractivity contribution in [3.05, 3.63) is 28.2 Å². The van der Waals surface area contributed by atoms with Crippen molar-refractivity contribution in [2.24, 2.45) is 11.8 Å². The molecule has 32 heavy (non-hydrogen) atoms. The maximum absolute atomic E-state index is 13.6. The number of carbonyl (C=O) groups excluding carboxylic acids is 2. The lowest BCUT2D eigenvalue weighted by Gasteiger charge is -2.23. The van der Waals surface area contributed by atoms with Crippen LogP contribution in [0.25, 0.3) is 0 Å². The Labute approximate surface area is 183 Å². The standard InChI is InChI=1S/C21H26F3N5O3/c1-11-5-7-29(21(32)16(11)28-18(24)17(22)23)15(8-12-2-3-12)20(31)27-14(10-25)9-13-4-6-26-19(13)30/h5,7,12-15,17-18,28H,2-4,6,8-9H2,1H3,(H,26,30)(H,27,31)/t13-,14-,15?,18?/m0/s1. The maximum atomic E-state index is 13.6. The van der Waals surface area contributed by atoms with Gasteiger partial charge in [-0.25, -0.2) is 13.2 Å². The van der Waals surface area contributed by atoms with Gasteiger partial charge in [0, 0.05) is 18.7 Å². The largest absolute Gasteiger partial charge is 0.356 e. The molecule has 0 bridgehead atoms. The molecule has 3 N–H and O–H groups in total. The van der Waals surface area contributed by atoms with Crippen LogP contribution in [0.15, 0.2) is 17.1 Å². The summed E-state index contributed by atoms with van der Waals surface area (Å²) in [6.07, 6.45) is -1.86. The minimum Gasteiger partial charge on any atom is -0.356 e. The number of halogens is 3. The summed E-state index contributed by atoms with van der Waals surface area (Å²) in [4.78, 5) is 37.8. The number of anilines is 1. The van der Waals surface area contributed by atoms with Crippen LogP contribution in [-0.4, -0.2) is 41.7 Å². The van der Waals surface area contributed by atoms with Crippen LogP contribution >= 0.6 is 0 Å². The maximum Gasteiger partial charge on any atom is 0.287 e. The van der Waals surface area contributed by atoms with E-state index in [1.54, 1.807) is 0 Å². The van der Waals surface area contributed by atoms with Gasteiger partial charge < -0.3 is 20.5 Å². The highest BCUT2D eigenvalue weighted by atomic mass is 19.3. The Bertz CT molecular complexity index is 957. The molecule has 0 aromatic carbocycles. The molecule has 3 rings (SSSR count). The van der Waals surface area contributed by atoms with E-state index in [1.807, 2.05) is 11.4 Å². The molecule has 0 spiro atoms. The van der Waals surface area contributed by atoms with Crippen LogP contribution in [0.3, 0.4) is 0 Å². The first-order chi connectivity index (χ1) is 15.2. The van der Waals surface area contributed by atoms with Gasteiger partial charge in [-0.05, 0) is 43.7 Å². The fraction of sp³-hybridized carbons (Fsp3) is 0.619. The molecule has 2 unspecified atom stereocenters. The summed E-state index contributed by atoms with van der Waals surface area (Å²) in [6.45, 7) is 1.99. The van der Waals surface area contributed by atoms with Crippen molar-refractivity contribution in [1.29, 1.82) is 5.26 Å². The first-order valence-corrected chi connectivity index (χ1v) is 10.6. The first-order valence-electron chi connectivity index (χ1n) is 10.6. The fourth-order valence-corrected chi connectivity index (χ4v) is 3.85. The van der Waals surface area contributed by atoms with Gasteiger partial charge in [0.05, 0.1) is 6.07 Å². The van der Waals surface area contributed by atoms with E-state index in [4.69, 9.17) is 0 Å². The Morgan fingerprint density at radius 2 is 2.00 bits per heavy atom. The molecule has 2 aliphatic rings. The van der Waals surface area contributed by atoms with E-state index >= 15 is 0 Å². The first kappa shape index (κ1) is 23.6. The number of hydrogen-bond donors (Lipinski definition) is 3. The smallest absolute Gasteiger partial charge is 0.287 e. The van der Waals surface area contributed by atoms with Gasteiger partial charge in [0.1, 0.15) is 17.8 Å². The highest BCUT2D eigenvalue weighted by Crippen LogP contribution is 2.37. The average Bonchev–Trinajstić information content (AvgIpc) is 3.49. The molecule has 11 heteroatoms. The Balaban J connectivity index is 1.82. The molecule has 2 heterocycles. The molecule has 174 valence electrons. The Hall–Kier alpha value is -3.03. The minimum absolute atomic E-state index is 0.151. The third kappa shape index (κ3) is 5.60. The zero-order valence-corrected chi connectivity index (χ0v) is 17.6.